The van der Waals surface area contributed by atoms with Crippen LogP contribution < -0.4 is 0 Å². The van der Waals surface area contributed by atoms with Crippen molar-refractivity contribution in [3.05, 3.63) is 83.1 Å². The minimum Gasteiger partial charge on any atom is -0.360 e. The molecule has 5 rings (SSSR count). The lowest BCUT2D eigenvalue weighted by Gasteiger charge is -2.26. The third kappa shape index (κ3) is 5.68. The van der Waals surface area contributed by atoms with Crippen molar-refractivity contribution in [1.82, 2.24) is 19.9 Å². The van der Waals surface area contributed by atoms with Crippen LogP contribution >= 0.6 is 15.9 Å². The monoisotopic (exact) mass is 530 g/mol. The van der Waals surface area contributed by atoms with E-state index in [2.05, 4.69) is 80.7 Å². The minimum absolute atomic E-state index is 0.860. The molecule has 0 bridgehead atoms. The van der Waals surface area contributed by atoms with Crippen molar-refractivity contribution in [2.45, 2.75) is 46.6 Å². The predicted molar refractivity (Wildman–Crippen MR) is 153 cm³/mol. The van der Waals surface area contributed by atoms with E-state index in [-0.39, 0.29) is 0 Å². The first kappa shape index (κ1) is 25.2. The van der Waals surface area contributed by atoms with E-state index in [1.165, 1.54) is 37.9 Å². The summed E-state index contributed by atoms with van der Waals surface area (Å²) >= 11 is 3.60. The average molecular weight is 532 g/mol. The molecule has 0 atom stereocenters. The Bertz CT molecular complexity index is 1300. The molecule has 35 heavy (non-hydrogen) atoms. The maximum atomic E-state index is 5.03. The number of imidazole rings is 1. The number of rotatable bonds is 6. The summed E-state index contributed by atoms with van der Waals surface area (Å²) in [5, 5.41) is 1.14. The van der Waals surface area contributed by atoms with Crippen LogP contribution in [0.25, 0.3) is 39.1 Å². The highest BCUT2D eigenvalue weighted by Crippen LogP contribution is 2.34. The standard InChI is InChI=1S/C28H29BrN4.C2H6/c1-3-7-19(2)26-27(21-10-8-20(9-11-21)18-33-14-5-4-6-15-33)32-28(31-26)24-17-30-25-13-12-22(29)16-23(24)25;1-2/h3,7-13,16-17,30H,1,4-6,14-15,18H2,2H3,(H,31,32);1-2H3/b19-7+;. The van der Waals surface area contributed by atoms with E-state index in [9.17, 15) is 0 Å². The van der Waals surface area contributed by atoms with E-state index >= 15 is 0 Å². The van der Waals surface area contributed by atoms with Gasteiger partial charge in [-0.3, -0.25) is 4.90 Å². The van der Waals surface area contributed by atoms with E-state index in [0.717, 1.165) is 55.8 Å². The Balaban J connectivity index is 0.00000141. The van der Waals surface area contributed by atoms with Gasteiger partial charge in [-0.2, -0.15) is 0 Å². The van der Waals surface area contributed by atoms with Crippen molar-refractivity contribution in [2.75, 3.05) is 13.1 Å². The van der Waals surface area contributed by atoms with Crippen LogP contribution in [-0.2, 0) is 6.54 Å². The van der Waals surface area contributed by atoms with E-state index < -0.39 is 0 Å². The molecule has 0 spiro atoms. The number of fused-ring (bicyclic) bond motifs is 1. The Morgan fingerprint density at radius 3 is 2.54 bits per heavy atom. The number of allylic oxidation sites excluding steroid dienone is 3. The number of hydrogen-bond acceptors (Lipinski definition) is 2. The zero-order valence-electron chi connectivity index (χ0n) is 21.0. The Morgan fingerprint density at radius 1 is 1.09 bits per heavy atom. The van der Waals surface area contributed by atoms with Gasteiger partial charge >= 0.3 is 0 Å². The van der Waals surface area contributed by atoms with Crippen LogP contribution in [-0.4, -0.2) is 32.9 Å². The second-order valence-corrected chi connectivity index (χ2v) is 9.74. The number of likely N-dealkylation sites (tertiary alicyclic amines) is 1. The van der Waals surface area contributed by atoms with E-state index in [0.29, 0.717) is 0 Å². The molecule has 2 aromatic carbocycles. The number of nitrogens with zero attached hydrogens (tertiary/aromatic N) is 2. The summed E-state index contributed by atoms with van der Waals surface area (Å²) in [6, 6.07) is 15.2. The van der Waals surface area contributed by atoms with Gasteiger partial charge in [0.1, 0.15) is 5.82 Å². The smallest absolute Gasteiger partial charge is 0.140 e. The normalized spacial score (nSPS) is 14.6. The zero-order valence-corrected chi connectivity index (χ0v) is 22.6. The average Bonchev–Trinajstić information content (AvgIpc) is 3.51. The Morgan fingerprint density at radius 2 is 1.83 bits per heavy atom. The number of piperidine rings is 1. The number of benzene rings is 2. The number of H-pyrrole nitrogens is 2. The quantitative estimate of drug-likeness (QED) is 0.245. The molecule has 1 saturated heterocycles. The Kier molecular flexibility index (Phi) is 8.42. The molecule has 0 saturated carbocycles. The lowest BCUT2D eigenvalue weighted by molar-refractivity contribution is 0.221. The highest BCUT2D eigenvalue weighted by atomic mass is 79.9. The third-order valence-corrected chi connectivity index (χ3v) is 6.93. The minimum atomic E-state index is 0.860. The van der Waals surface area contributed by atoms with Gasteiger partial charge in [0.15, 0.2) is 0 Å². The summed E-state index contributed by atoms with van der Waals surface area (Å²) in [6.07, 6.45) is 9.86. The molecule has 0 amide bonds. The lowest BCUT2D eigenvalue weighted by Crippen LogP contribution is -2.28. The van der Waals surface area contributed by atoms with Gasteiger partial charge in [-0.15, -0.1) is 0 Å². The largest absolute Gasteiger partial charge is 0.360 e. The molecular weight excluding hydrogens is 496 g/mol. The molecule has 2 N–H and O–H groups in total. The van der Waals surface area contributed by atoms with Crippen molar-refractivity contribution in [3.63, 3.8) is 0 Å². The van der Waals surface area contributed by atoms with Gasteiger partial charge in [-0.1, -0.05) is 79.2 Å². The molecule has 3 heterocycles. The number of hydrogen-bond donors (Lipinski definition) is 2. The maximum Gasteiger partial charge on any atom is 0.140 e. The van der Waals surface area contributed by atoms with Gasteiger partial charge in [0, 0.05) is 39.2 Å². The SMILES string of the molecule is C=C/C=C(\C)c1nc(-c2c[nH]c3ccc(Br)cc23)[nH]c1-c1ccc(CN2CCCCC2)cc1.CC. The summed E-state index contributed by atoms with van der Waals surface area (Å²) in [5.41, 5.74) is 7.74. The Labute approximate surface area is 217 Å². The molecule has 0 aliphatic carbocycles. The van der Waals surface area contributed by atoms with Gasteiger partial charge in [-0.25, -0.2) is 4.98 Å². The molecule has 182 valence electrons. The van der Waals surface area contributed by atoms with Crippen LogP contribution in [0.15, 0.2) is 71.9 Å². The summed E-state index contributed by atoms with van der Waals surface area (Å²) in [5.74, 6) is 0.860. The van der Waals surface area contributed by atoms with Crippen molar-refractivity contribution in [1.29, 1.82) is 0 Å². The van der Waals surface area contributed by atoms with Crippen LogP contribution in [0.2, 0.25) is 0 Å². The molecule has 0 radical (unpaired) electrons. The van der Waals surface area contributed by atoms with Gasteiger partial charge in [0.05, 0.1) is 11.4 Å². The molecular formula is C30H35BrN4. The predicted octanol–water partition coefficient (Wildman–Crippen LogP) is 8.59. The number of aromatic amines is 2. The fraction of sp³-hybridized carbons (Fsp3) is 0.300. The summed E-state index contributed by atoms with van der Waals surface area (Å²) in [7, 11) is 0. The van der Waals surface area contributed by atoms with Crippen molar-refractivity contribution < 1.29 is 0 Å². The van der Waals surface area contributed by atoms with Crippen molar-refractivity contribution in [2.24, 2.45) is 0 Å². The fourth-order valence-electron chi connectivity index (χ4n) is 4.69. The summed E-state index contributed by atoms with van der Waals surface area (Å²) in [6.45, 7) is 13.4. The van der Waals surface area contributed by atoms with Crippen LogP contribution in [0.5, 0.6) is 0 Å². The molecule has 2 aromatic heterocycles. The fourth-order valence-corrected chi connectivity index (χ4v) is 5.05. The molecule has 1 fully saturated rings. The highest BCUT2D eigenvalue weighted by Gasteiger charge is 2.18. The molecule has 5 heteroatoms. The summed E-state index contributed by atoms with van der Waals surface area (Å²) in [4.78, 5) is 14.6. The number of nitrogens with one attached hydrogen (secondary N) is 2. The Hall–Kier alpha value is -2.89. The van der Waals surface area contributed by atoms with Crippen LogP contribution in [0.3, 0.4) is 0 Å². The van der Waals surface area contributed by atoms with Gasteiger partial charge in [0.2, 0.25) is 0 Å². The second kappa shape index (κ2) is 11.7. The van der Waals surface area contributed by atoms with Crippen LogP contribution in [0.1, 0.15) is 51.3 Å². The van der Waals surface area contributed by atoms with Crippen LogP contribution in [0.4, 0.5) is 0 Å². The van der Waals surface area contributed by atoms with Gasteiger partial charge < -0.3 is 9.97 Å². The first-order chi connectivity index (χ1) is 17.1. The zero-order chi connectivity index (χ0) is 24.8. The second-order valence-electron chi connectivity index (χ2n) is 8.82. The molecule has 0 unspecified atom stereocenters. The lowest BCUT2D eigenvalue weighted by atomic mass is 10.0. The van der Waals surface area contributed by atoms with Crippen molar-refractivity contribution in [3.8, 4) is 22.6 Å². The van der Waals surface area contributed by atoms with E-state index in [1.54, 1.807) is 0 Å². The number of halogens is 1. The molecule has 1 aliphatic rings. The van der Waals surface area contributed by atoms with Crippen molar-refractivity contribution >= 4 is 32.4 Å². The molecule has 4 aromatic rings. The first-order valence-corrected chi connectivity index (χ1v) is 13.4. The van der Waals surface area contributed by atoms with Gasteiger partial charge in [-0.05, 0) is 62.2 Å². The first-order valence-electron chi connectivity index (χ1n) is 12.6. The maximum absolute atomic E-state index is 5.03. The molecule has 1 aliphatic heterocycles. The summed E-state index contributed by atoms with van der Waals surface area (Å²) < 4.78 is 1.05. The van der Waals surface area contributed by atoms with Gasteiger partial charge in [0.25, 0.3) is 0 Å². The van der Waals surface area contributed by atoms with Crippen LogP contribution in [0, 0.1) is 0 Å². The number of aromatic nitrogens is 3. The third-order valence-electron chi connectivity index (χ3n) is 6.44. The molecule has 4 nitrogen and oxygen atoms in total. The van der Waals surface area contributed by atoms with E-state index in [4.69, 9.17) is 4.98 Å². The van der Waals surface area contributed by atoms with E-state index in [1.807, 2.05) is 38.3 Å². The highest BCUT2D eigenvalue weighted by molar-refractivity contribution is 9.10. The topological polar surface area (TPSA) is 47.7 Å².